The Kier molecular flexibility index (Phi) is 4.00. The predicted molar refractivity (Wildman–Crippen MR) is 89.4 cm³/mol. The molecule has 1 aromatic carbocycles. The number of carbonyl (C=O) groups is 2. The van der Waals surface area contributed by atoms with E-state index in [0.29, 0.717) is 13.0 Å². The van der Waals surface area contributed by atoms with Crippen molar-refractivity contribution >= 4 is 11.9 Å². The minimum atomic E-state index is -0.759. The van der Waals surface area contributed by atoms with Gasteiger partial charge in [0.15, 0.2) is 0 Å². The number of methoxy groups -OCH3 is 1. The summed E-state index contributed by atoms with van der Waals surface area (Å²) < 4.78 is 10.3. The lowest BCUT2D eigenvalue weighted by molar-refractivity contribution is -0.150. The van der Waals surface area contributed by atoms with Crippen molar-refractivity contribution in [2.45, 2.75) is 38.8 Å². The third-order valence-electron chi connectivity index (χ3n) is 5.12. The highest BCUT2D eigenvalue weighted by atomic mass is 16.6. The molecule has 2 unspecified atom stereocenters. The Bertz CT molecular complexity index is 752. The molecule has 2 atom stereocenters. The van der Waals surface area contributed by atoms with Gasteiger partial charge in [0.05, 0.1) is 7.11 Å². The molecule has 2 heterocycles. The van der Waals surface area contributed by atoms with Gasteiger partial charge >= 0.3 is 11.9 Å². The molecule has 128 valence electrons. The number of aryl methyl sites for hydroxylation is 2. The van der Waals surface area contributed by atoms with Gasteiger partial charge in [0.2, 0.25) is 0 Å². The molecular formula is C19H23NO4. The van der Waals surface area contributed by atoms with Gasteiger partial charge < -0.3 is 9.47 Å². The molecule has 1 aromatic rings. The van der Waals surface area contributed by atoms with Crippen LogP contribution in [0.5, 0.6) is 0 Å². The largest absolute Gasteiger partial charge is 0.465 e. The lowest BCUT2D eigenvalue weighted by Crippen LogP contribution is -2.47. The number of nitrogens with zero attached hydrogens (tertiary/aromatic N) is 1. The summed E-state index contributed by atoms with van der Waals surface area (Å²) in [6.45, 7) is 6.58. The Labute approximate surface area is 142 Å². The number of piperidine rings is 1. The average molecular weight is 329 g/mol. The fourth-order valence-corrected chi connectivity index (χ4v) is 3.94. The van der Waals surface area contributed by atoms with Crippen LogP contribution in [0.2, 0.25) is 0 Å². The van der Waals surface area contributed by atoms with E-state index in [4.69, 9.17) is 9.47 Å². The van der Waals surface area contributed by atoms with Crippen LogP contribution in [0.4, 0.5) is 0 Å². The number of fused-ring (bicyclic) bond motifs is 1. The zero-order chi connectivity index (χ0) is 17.6. The van der Waals surface area contributed by atoms with Gasteiger partial charge in [-0.2, -0.15) is 0 Å². The molecule has 24 heavy (non-hydrogen) atoms. The second kappa shape index (κ2) is 5.74. The molecule has 0 saturated carbocycles. The lowest BCUT2D eigenvalue weighted by Gasteiger charge is -2.42. The summed E-state index contributed by atoms with van der Waals surface area (Å²) in [6, 6.07) is 6.48. The van der Waals surface area contributed by atoms with Crippen LogP contribution in [-0.2, 0) is 19.1 Å². The maximum Gasteiger partial charge on any atom is 0.346 e. The normalized spacial score (nSPS) is 27.0. The van der Waals surface area contributed by atoms with Crippen molar-refractivity contribution in [2.75, 3.05) is 20.7 Å². The lowest BCUT2D eigenvalue weighted by atomic mass is 9.80. The minimum absolute atomic E-state index is 0.0721. The number of hydrogen-bond acceptors (Lipinski definition) is 5. The molecule has 2 aliphatic rings. The quantitative estimate of drug-likeness (QED) is 0.616. The highest BCUT2D eigenvalue weighted by Gasteiger charge is 2.51. The first-order valence-electron chi connectivity index (χ1n) is 8.09. The molecule has 3 rings (SSSR count). The van der Waals surface area contributed by atoms with Gasteiger partial charge in [0, 0.05) is 12.6 Å². The molecule has 0 radical (unpaired) electrons. The highest BCUT2D eigenvalue weighted by molar-refractivity contribution is 6.16. The van der Waals surface area contributed by atoms with Crippen molar-refractivity contribution in [3.05, 3.63) is 46.0 Å². The van der Waals surface area contributed by atoms with E-state index in [9.17, 15) is 9.59 Å². The Morgan fingerprint density at radius 3 is 2.71 bits per heavy atom. The number of benzene rings is 1. The van der Waals surface area contributed by atoms with E-state index in [1.807, 2.05) is 14.0 Å². The summed E-state index contributed by atoms with van der Waals surface area (Å²) >= 11 is 0. The molecule has 1 fully saturated rings. The SMILES string of the molecule is COC(=O)C1=C2CC(c3ccc(C)cc3C)N(C)CC2(C)OC1=O. The van der Waals surface area contributed by atoms with Crippen molar-refractivity contribution in [3.8, 4) is 0 Å². The van der Waals surface area contributed by atoms with Gasteiger partial charge in [-0.25, -0.2) is 9.59 Å². The van der Waals surface area contributed by atoms with Crippen LogP contribution in [0.15, 0.2) is 29.3 Å². The third-order valence-corrected chi connectivity index (χ3v) is 5.12. The maximum atomic E-state index is 12.2. The number of esters is 2. The topological polar surface area (TPSA) is 55.8 Å². The minimum Gasteiger partial charge on any atom is -0.465 e. The molecule has 5 nitrogen and oxygen atoms in total. The first-order chi connectivity index (χ1) is 11.3. The molecule has 0 spiro atoms. The molecular weight excluding hydrogens is 306 g/mol. The van der Waals surface area contributed by atoms with E-state index >= 15 is 0 Å². The van der Waals surface area contributed by atoms with Crippen molar-refractivity contribution in [2.24, 2.45) is 0 Å². The number of rotatable bonds is 2. The smallest absolute Gasteiger partial charge is 0.346 e. The van der Waals surface area contributed by atoms with Crippen molar-refractivity contribution in [1.29, 1.82) is 0 Å². The highest BCUT2D eigenvalue weighted by Crippen LogP contribution is 2.45. The number of likely N-dealkylation sites (tertiary alicyclic amines) is 1. The third kappa shape index (κ3) is 2.53. The summed E-state index contributed by atoms with van der Waals surface area (Å²) in [5, 5.41) is 0. The first-order valence-corrected chi connectivity index (χ1v) is 8.09. The molecule has 0 N–H and O–H groups in total. The number of ether oxygens (including phenoxy) is 2. The zero-order valence-corrected chi connectivity index (χ0v) is 14.8. The standard InChI is InChI=1S/C19H23NO4/c1-11-6-7-13(12(2)8-11)15-9-14-16(17(21)23-5)18(22)24-19(14,3)10-20(15)4/h6-8,15H,9-10H2,1-5H3. The Hall–Kier alpha value is -2.14. The van der Waals surface area contributed by atoms with Crippen LogP contribution < -0.4 is 0 Å². The number of hydrogen-bond donors (Lipinski definition) is 0. The molecule has 0 amide bonds. The monoisotopic (exact) mass is 329 g/mol. The second-order valence-electron chi connectivity index (χ2n) is 6.96. The second-order valence-corrected chi connectivity index (χ2v) is 6.96. The summed E-state index contributed by atoms with van der Waals surface area (Å²) in [5.74, 6) is -1.18. The summed E-state index contributed by atoms with van der Waals surface area (Å²) in [6.07, 6.45) is 0.576. The van der Waals surface area contributed by atoms with Gasteiger partial charge in [0.1, 0.15) is 11.2 Å². The average Bonchev–Trinajstić information content (AvgIpc) is 2.75. The maximum absolute atomic E-state index is 12.2. The van der Waals surface area contributed by atoms with E-state index < -0.39 is 17.5 Å². The van der Waals surface area contributed by atoms with Crippen LogP contribution in [0.25, 0.3) is 0 Å². The van der Waals surface area contributed by atoms with Gasteiger partial charge in [-0.05, 0) is 50.9 Å². The number of carbonyl (C=O) groups excluding carboxylic acids is 2. The molecule has 1 saturated heterocycles. The zero-order valence-electron chi connectivity index (χ0n) is 14.8. The van der Waals surface area contributed by atoms with Gasteiger partial charge in [-0.1, -0.05) is 23.8 Å². The van der Waals surface area contributed by atoms with Gasteiger partial charge in [0.25, 0.3) is 0 Å². The van der Waals surface area contributed by atoms with E-state index in [-0.39, 0.29) is 11.6 Å². The van der Waals surface area contributed by atoms with Crippen molar-refractivity contribution in [3.63, 3.8) is 0 Å². The predicted octanol–water partition coefficient (Wildman–Crippen LogP) is 2.47. The van der Waals surface area contributed by atoms with E-state index in [1.54, 1.807) is 0 Å². The molecule has 2 aliphatic heterocycles. The van der Waals surface area contributed by atoms with Gasteiger partial charge in [-0.3, -0.25) is 4.90 Å². The van der Waals surface area contributed by atoms with Gasteiger partial charge in [-0.15, -0.1) is 0 Å². The van der Waals surface area contributed by atoms with Crippen LogP contribution in [-0.4, -0.2) is 43.1 Å². The summed E-state index contributed by atoms with van der Waals surface area (Å²) in [4.78, 5) is 26.5. The summed E-state index contributed by atoms with van der Waals surface area (Å²) in [7, 11) is 3.31. The number of likely N-dealkylation sites (N-methyl/N-ethyl adjacent to an activating group) is 1. The fraction of sp³-hybridized carbons (Fsp3) is 0.474. The molecule has 0 bridgehead atoms. The molecule has 5 heteroatoms. The van der Waals surface area contributed by atoms with Crippen LogP contribution >= 0.6 is 0 Å². The van der Waals surface area contributed by atoms with Crippen molar-refractivity contribution in [1.82, 2.24) is 4.90 Å². The Morgan fingerprint density at radius 1 is 1.38 bits per heavy atom. The summed E-state index contributed by atoms with van der Waals surface area (Å²) in [5.41, 5.74) is 3.70. The molecule has 0 aromatic heterocycles. The van der Waals surface area contributed by atoms with E-state index in [1.165, 1.54) is 23.8 Å². The van der Waals surface area contributed by atoms with Crippen LogP contribution in [0.1, 0.15) is 36.1 Å². The van der Waals surface area contributed by atoms with Crippen molar-refractivity contribution < 1.29 is 19.1 Å². The molecule has 0 aliphatic carbocycles. The fourth-order valence-electron chi connectivity index (χ4n) is 3.94. The van der Waals surface area contributed by atoms with E-state index in [0.717, 1.165) is 5.57 Å². The first kappa shape index (κ1) is 16.7. The van der Waals surface area contributed by atoms with E-state index in [2.05, 4.69) is 36.9 Å². The van der Waals surface area contributed by atoms with Crippen LogP contribution in [0, 0.1) is 13.8 Å². The van der Waals surface area contributed by atoms with Crippen LogP contribution in [0.3, 0.4) is 0 Å². The Balaban J connectivity index is 2.06. The Morgan fingerprint density at radius 2 is 2.08 bits per heavy atom.